The molecule has 1 saturated heterocycles. The Kier molecular flexibility index (Phi) is 6.29. The van der Waals surface area contributed by atoms with Gasteiger partial charge in [-0.05, 0) is 63.1 Å². The molecule has 0 radical (unpaired) electrons. The molecule has 0 spiro atoms. The average Bonchev–Trinajstić information content (AvgIpc) is 3.21. The topological polar surface area (TPSA) is 21.8 Å². The lowest BCUT2D eigenvalue weighted by Crippen LogP contribution is -2.07. The first-order chi connectivity index (χ1) is 10.9. The van der Waals surface area contributed by atoms with Crippen molar-refractivity contribution in [2.24, 2.45) is 0 Å². The van der Waals surface area contributed by atoms with E-state index in [9.17, 15) is 0 Å². The van der Waals surface area contributed by atoms with Gasteiger partial charge in [0.2, 0.25) is 0 Å². The molecule has 0 N–H and O–H groups in total. The van der Waals surface area contributed by atoms with Gasteiger partial charge in [-0.2, -0.15) is 0 Å². The average molecular weight is 316 g/mol. The molecule has 1 heterocycles. The van der Waals surface area contributed by atoms with Crippen molar-refractivity contribution in [1.29, 1.82) is 0 Å². The lowest BCUT2D eigenvalue weighted by Gasteiger charge is -2.08. The molecule has 0 bridgehead atoms. The zero-order chi connectivity index (χ0) is 16.9. The molecule has 1 fully saturated rings. The van der Waals surface area contributed by atoms with Crippen LogP contribution in [0.3, 0.4) is 0 Å². The van der Waals surface area contributed by atoms with Crippen molar-refractivity contribution in [3.8, 4) is 5.75 Å². The van der Waals surface area contributed by atoms with Gasteiger partial charge in [0.1, 0.15) is 5.75 Å². The summed E-state index contributed by atoms with van der Waals surface area (Å²) in [4.78, 5) is 0. The summed E-state index contributed by atoms with van der Waals surface area (Å²) in [6.07, 6.45) is 7.12. The fourth-order valence-corrected chi connectivity index (χ4v) is 2.86. The first kappa shape index (κ1) is 18.1. The smallest absolute Gasteiger partial charge is 0.119 e. The summed E-state index contributed by atoms with van der Waals surface area (Å²) in [5, 5.41) is 0. The maximum Gasteiger partial charge on any atom is 0.119 e. The molecular formula is C21H32O2. The minimum atomic E-state index is 0.158. The number of epoxide rings is 1. The van der Waals surface area contributed by atoms with Gasteiger partial charge in [0.05, 0.1) is 18.3 Å². The summed E-state index contributed by atoms with van der Waals surface area (Å²) in [6.45, 7) is 11.8. The van der Waals surface area contributed by atoms with Gasteiger partial charge in [0, 0.05) is 0 Å². The molecule has 2 heteroatoms. The van der Waals surface area contributed by atoms with Crippen LogP contribution in [0.15, 0.2) is 35.9 Å². The first-order valence-corrected chi connectivity index (χ1v) is 9.01. The van der Waals surface area contributed by atoms with Crippen LogP contribution in [0.5, 0.6) is 5.75 Å². The van der Waals surface area contributed by atoms with E-state index in [4.69, 9.17) is 9.47 Å². The Labute approximate surface area is 141 Å². The lowest BCUT2D eigenvalue weighted by atomic mass is 9.99. The third kappa shape index (κ3) is 5.39. The van der Waals surface area contributed by atoms with Gasteiger partial charge in [-0.1, -0.05) is 44.6 Å². The minimum absolute atomic E-state index is 0.158. The Morgan fingerprint density at radius 3 is 2.57 bits per heavy atom. The largest absolute Gasteiger partial charge is 0.493 e. The molecule has 1 aliphatic heterocycles. The van der Waals surface area contributed by atoms with Gasteiger partial charge >= 0.3 is 0 Å². The summed E-state index contributed by atoms with van der Waals surface area (Å²) in [6, 6.07) is 8.45. The van der Waals surface area contributed by atoms with Crippen LogP contribution in [0.1, 0.15) is 71.8 Å². The van der Waals surface area contributed by atoms with Crippen molar-refractivity contribution in [2.75, 3.05) is 6.61 Å². The third-order valence-electron chi connectivity index (χ3n) is 4.96. The molecule has 0 amide bonds. The van der Waals surface area contributed by atoms with E-state index in [2.05, 4.69) is 65.0 Å². The quantitative estimate of drug-likeness (QED) is 0.323. The zero-order valence-corrected chi connectivity index (χ0v) is 15.4. The van der Waals surface area contributed by atoms with E-state index in [0.29, 0.717) is 12.0 Å². The summed E-state index contributed by atoms with van der Waals surface area (Å²) in [5.74, 6) is 1.53. The SMILES string of the molecule is CCC1(C)OC1CCC(C)=CCCOc1ccc(C(C)C)cc1. The number of hydrogen-bond donors (Lipinski definition) is 0. The van der Waals surface area contributed by atoms with Crippen molar-refractivity contribution < 1.29 is 9.47 Å². The van der Waals surface area contributed by atoms with Gasteiger partial charge in [0.15, 0.2) is 0 Å². The third-order valence-corrected chi connectivity index (χ3v) is 4.96. The Hall–Kier alpha value is -1.28. The second-order valence-corrected chi connectivity index (χ2v) is 7.22. The summed E-state index contributed by atoms with van der Waals surface area (Å²) in [5.41, 5.74) is 2.96. The molecule has 2 rings (SSSR count). The lowest BCUT2D eigenvalue weighted by molar-refractivity contribution is 0.300. The number of rotatable bonds is 9. The molecule has 2 atom stereocenters. The number of benzene rings is 1. The summed E-state index contributed by atoms with van der Waals surface area (Å²) in [7, 11) is 0. The van der Waals surface area contributed by atoms with Gasteiger partial charge in [-0.15, -0.1) is 0 Å². The van der Waals surface area contributed by atoms with E-state index < -0.39 is 0 Å². The minimum Gasteiger partial charge on any atom is -0.493 e. The maximum absolute atomic E-state index is 5.81. The standard InChI is InChI=1S/C21H32O2/c1-6-21(5)20(23-21)14-9-17(4)8-7-15-22-19-12-10-18(11-13-19)16(2)3/h8,10-13,16,20H,6-7,9,14-15H2,1-5H3. The highest BCUT2D eigenvalue weighted by atomic mass is 16.6. The second-order valence-electron chi connectivity index (χ2n) is 7.22. The highest BCUT2D eigenvalue weighted by Gasteiger charge is 2.49. The molecular weight excluding hydrogens is 284 g/mol. The molecule has 0 aliphatic carbocycles. The molecule has 128 valence electrons. The van der Waals surface area contributed by atoms with Gasteiger partial charge in [0.25, 0.3) is 0 Å². The van der Waals surface area contributed by atoms with Crippen LogP contribution in [0, 0.1) is 0 Å². The fourth-order valence-electron chi connectivity index (χ4n) is 2.86. The van der Waals surface area contributed by atoms with E-state index in [1.807, 2.05) is 0 Å². The van der Waals surface area contributed by atoms with Gasteiger partial charge < -0.3 is 9.47 Å². The molecule has 1 aliphatic rings. The molecule has 2 nitrogen and oxygen atoms in total. The predicted molar refractivity (Wildman–Crippen MR) is 97.2 cm³/mol. The van der Waals surface area contributed by atoms with Crippen LogP contribution >= 0.6 is 0 Å². The number of allylic oxidation sites excluding steroid dienone is 1. The fraction of sp³-hybridized carbons (Fsp3) is 0.619. The Balaban J connectivity index is 1.64. The van der Waals surface area contributed by atoms with Crippen LogP contribution < -0.4 is 4.74 Å². The Bertz CT molecular complexity index is 515. The van der Waals surface area contributed by atoms with Gasteiger partial charge in [-0.25, -0.2) is 0 Å². The van der Waals surface area contributed by atoms with E-state index >= 15 is 0 Å². The second kappa shape index (κ2) is 8.01. The summed E-state index contributed by atoms with van der Waals surface area (Å²) < 4.78 is 11.6. The molecule has 2 unspecified atom stereocenters. The molecule has 0 aromatic heterocycles. The number of hydrogen-bond acceptors (Lipinski definition) is 2. The van der Waals surface area contributed by atoms with E-state index in [-0.39, 0.29) is 5.60 Å². The molecule has 1 aromatic carbocycles. The maximum atomic E-state index is 5.81. The Morgan fingerprint density at radius 1 is 1.30 bits per heavy atom. The molecule has 1 aromatic rings. The van der Waals surface area contributed by atoms with Crippen molar-refractivity contribution in [3.05, 3.63) is 41.5 Å². The summed E-state index contributed by atoms with van der Waals surface area (Å²) >= 11 is 0. The molecule has 23 heavy (non-hydrogen) atoms. The van der Waals surface area contributed by atoms with Crippen molar-refractivity contribution in [3.63, 3.8) is 0 Å². The van der Waals surface area contributed by atoms with E-state index in [1.165, 1.54) is 11.1 Å². The van der Waals surface area contributed by atoms with Gasteiger partial charge in [-0.3, -0.25) is 0 Å². The van der Waals surface area contributed by atoms with Crippen LogP contribution in [0.4, 0.5) is 0 Å². The first-order valence-electron chi connectivity index (χ1n) is 9.01. The van der Waals surface area contributed by atoms with Crippen LogP contribution in [-0.4, -0.2) is 18.3 Å². The normalized spacial score (nSPS) is 24.1. The van der Waals surface area contributed by atoms with E-state index in [1.54, 1.807) is 0 Å². The van der Waals surface area contributed by atoms with E-state index in [0.717, 1.165) is 38.0 Å². The van der Waals surface area contributed by atoms with Crippen LogP contribution in [0.2, 0.25) is 0 Å². The number of ether oxygens (including phenoxy) is 2. The molecule has 0 saturated carbocycles. The van der Waals surface area contributed by atoms with Crippen molar-refractivity contribution in [2.45, 2.75) is 77.9 Å². The van der Waals surface area contributed by atoms with Crippen molar-refractivity contribution in [1.82, 2.24) is 0 Å². The van der Waals surface area contributed by atoms with Crippen LogP contribution in [0.25, 0.3) is 0 Å². The zero-order valence-electron chi connectivity index (χ0n) is 15.4. The van der Waals surface area contributed by atoms with Crippen molar-refractivity contribution >= 4 is 0 Å². The highest BCUT2D eigenvalue weighted by Crippen LogP contribution is 2.42. The Morgan fingerprint density at radius 2 is 2.00 bits per heavy atom. The predicted octanol–water partition coefficient (Wildman–Crippen LogP) is 5.87. The monoisotopic (exact) mass is 316 g/mol. The highest BCUT2D eigenvalue weighted by molar-refractivity contribution is 5.28. The van der Waals surface area contributed by atoms with Crippen LogP contribution in [-0.2, 0) is 4.74 Å².